The van der Waals surface area contributed by atoms with Crippen LogP contribution < -0.4 is 5.32 Å². The highest BCUT2D eigenvalue weighted by Gasteiger charge is 2.12. The fourth-order valence-electron chi connectivity index (χ4n) is 1.87. The summed E-state index contributed by atoms with van der Waals surface area (Å²) in [6.07, 6.45) is 1.40. The first kappa shape index (κ1) is 17.0. The van der Waals surface area contributed by atoms with Gasteiger partial charge in [0, 0.05) is 25.7 Å². The highest BCUT2D eigenvalue weighted by molar-refractivity contribution is 5.90. The number of rotatable bonds is 7. The molecule has 1 aromatic carbocycles. The Labute approximate surface area is 126 Å². The van der Waals surface area contributed by atoms with Crippen molar-refractivity contribution in [3.63, 3.8) is 0 Å². The lowest BCUT2D eigenvalue weighted by molar-refractivity contribution is -0.136. The van der Waals surface area contributed by atoms with Crippen molar-refractivity contribution >= 4 is 17.7 Å². The summed E-state index contributed by atoms with van der Waals surface area (Å²) in [5.74, 6) is -0.298. The first-order valence-corrected chi connectivity index (χ1v) is 7.22. The first-order valence-electron chi connectivity index (χ1n) is 7.22. The summed E-state index contributed by atoms with van der Waals surface area (Å²) < 4.78 is 0. The molecule has 0 fully saturated rings. The van der Waals surface area contributed by atoms with Gasteiger partial charge < -0.3 is 15.3 Å². The van der Waals surface area contributed by atoms with Crippen molar-refractivity contribution in [2.45, 2.75) is 33.1 Å². The van der Waals surface area contributed by atoms with E-state index >= 15 is 0 Å². The number of carboxylic acids is 1. The zero-order valence-corrected chi connectivity index (χ0v) is 12.9. The molecule has 1 aromatic rings. The number of nitrogens with zero attached hydrogens (tertiary/aromatic N) is 1. The van der Waals surface area contributed by atoms with Gasteiger partial charge >= 0.3 is 12.0 Å². The van der Waals surface area contributed by atoms with Gasteiger partial charge in [-0.1, -0.05) is 32.0 Å². The third-order valence-electron chi connectivity index (χ3n) is 3.26. The summed E-state index contributed by atoms with van der Waals surface area (Å²) >= 11 is 0. The lowest BCUT2D eigenvalue weighted by atomic mass is 10.1. The highest BCUT2D eigenvalue weighted by atomic mass is 16.4. The van der Waals surface area contributed by atoms with E-state index in [0.717, 1.165) is 12.0 Å². The minimum atomic E-state index is -0.842. The number of amides is 2. The van der Waals surface area contributed by atoms with Crippen LogP contribution in [0.4, 0.5) is 10.5 Å². The molecule has 0 saturated carbocycles. The zero-order valence-electron chi connectivity index (χ0n) is 12.9. The number of para-hydroxylation sites is 1. The molecule has 0 unspecified atom stereocenters. The van der Waals surface area contributed by atoms with Gasteiger partial charge in [0.15, 0.2) is 0 Å². The molecular formula is C16H24N2O3. The van der Waals surface area contributed by atoms with Gasteiger partial charge in [-0.05, 0) is 30.4 Å². The van der Waals surface area contributed by atoms with Crippen LogP contribution in [0.2, 0.25) is 0 Å². The predicted octanol–water partition coefficient (Wildman–Crippen LogP) is 3.21. The first-order chi connectivity index (χ1) is 9.90. The molecule has 0 bridgehead atoms. The van der Waals surface area contributed by atoms with E-state index in [1.54, 1.807) is 18.0 Å². The Bertz CT molecular complexity index is 486. The molecule has 0 saturated heterocycles. The Hall–Kier alpha value is -2.04. The van der Waals surface area contributed by atoms with Crippen LogP contribution in [-0.4, -0.2) is 35.6 Å². The summed E-state index contributed by atoms with van der Waals surface area (Å²) in [6.45, 7) is 4.93. The molecule has 5 heteroatoms. The molecular weight excluding hydrogens is 268 g/mol. The van der Waals surface area contributed by atoms with Crippen LogP contribution in [0.1, 0.15) is 32.3 Å². The van der Waals surface area contributed by atoms with Crippen molar-refractivity contribution in [3.8, 4) is 0 Å². The largest absolute Gasteiger partial charge is 0.481 e. The fraction of sp³-hybridized carbons (Fsp3) is 0.500. The Morgan fingerprint density at radius 2 is 1.95 bits per heavy atom. The second kappa shape index (κ2) is 8.29. The normalized spacial score (nSPS) is 10.5. The number of hydrogen-bond acceptors (Lipinski definition) is 2. The van der Waals surface area contributed by atoms with E-state index in [2.05, 4.69) is 19.2 Å². The van der Waals surface area contributed by atoms with Crippen LogP contribution in [0.3, 0.4) is 0 Å². The Kier molecular flexibility index (Phi) is 6.72. The summed E-state index contributed by atoms with van der Waals surface area (Å²) in [6, 6.07) is 7.14. The number of nitrogens with one attached hydrogen (secondary N) is 1. The molecule has 0 aromatic heterocycles. The standard InChI is InChI=1S/C16H24N2O3/c1-12(2)10-11-18(3)16(21)17-14-7-5-4-6-13(14)8-9-15(19)20/h4-7,12H,8-11H2,1-3H3,(H,17,21)(H,19,20). The second-order valence-electron chi connectivity index (χ2n) is 5.59. The topological polar surface area (TPSA) is 69.6 Å². The molecule has 0 atom stereocenters. The van der Waals surface area contributed by atoms with Gasteiger partial charge in [-0.3, -0.25) is 4.79 Å². The number of urea groups is 1. The van der Waals surface area contributed by atoms with Crippen LogP contribution in [0.15, 0.2) is 24.3 Å². The number of benzene rings is 1. The lowest BCUT2D eigenvalue weighted by Gasteiger charge is -2.20. The average Bonchev–Trinajstić information content (AvgIpc) is 2.43. The number of hydrogen-bond donors (Lipinski definition) is 2. The minimum absolute atomic E-state index is 0.0517. The summed E-state index contributed by atoms with van der Waals surface area (Å²) in [5, 5.41) is 11.6. The fourth-order valence-corrected chi connectivity index (χ4v) is 1.87. The molecule has 0 aliphatic heterocycles. The summed E-state index contributed by atoms with van der Waals surface area (Å²) in [4.78, 5) is 24.4. The van der Waals surface area contributed by atoms with Crippen molar-refractivity contribution in [1.29, 1.82) is 0 Å². The van der Waals surface area contributed by atoms with Crippen molar-refractivity contribution in [2.24, 2.45) is 5.92 Å². The zero-order chi connectivity index (χ0) is 15.8. The Morgan fingerprint density at radius 3 is 2.57 bits per heavy atom. The molecule has 116 valence electrons. The van der Waals surface area contributed by atoms with Crippen LogP contribution in [0, 0.1) is 5.92 Å². The van der Waals surface area contributed by atoms with Gasteiger partial charge in [-0.2, -0.15) is 0 Å². The maximum Gasteiger partial charge on any atom is 0.321 e. The molecule has 0 heterocycles. The van der Waals surface area contributed by atoms with Crippen LogP contribution in [0.25, 0.3) is 0 Å². The van der Waals surface area contributed by atoms with Crippen LogP contribution >= 0.6 is 0 Å². The molecule has 0 spiro atoms. The van der Waals surface area contributed by atoms with E-state index in [1.807, 2.05) is 18.2 Å². The number of aryl methyl sites for hydroxylation is 1. The smallest absolute Gasteiger partial charge is 0.321 e. The predicted molar refractivity (Wildman–Crippen MR) is 83.5 cm³/mol. The molecule has 0 aliphatic rings. The molecule has 21 heavy (non-hydrogen) atoms. The van der Waals surface area contributed by atoms with Crippen LogP contribution in [-0.2, 0) is 11.2 Å². The van der Waals surface area contributed by atoms with Crippen molar-refractivity contribution < 1.29 is 14.7 Å². The number of carboxylic acid groups (broad SMARTS) is 1. The maximum absolute atomic E-state index is 12.1. The molecule has 5 nitrogen and oxygen atoms in total. The summed E-state index contributed by atoms with van der Waals surface area (Å²) in [7, 11) is 1.76. The summed E-state index contributed by atoms with van der Waals surface area (Å²) in [5.41, 5.74) is 1.52. The van der Waals surface area contributed by atoms with E-state index < -0.39 is 5.97 Å². The van der Waals surface area contributed by atoms with E-state index in [1.165, 1.54) is 0 Å². The molecule has 0 aliphatic carbocycles. The van der Waals surface area contributed by atoms with Crippen LogP contribution in [0.5, 0.6) is 0 Å². The third-order valence-corrected chi connectivity index (χ3v) is 3.26. The minimum Gasteiger partial charge on any atom is -0.481 e. The van der Waals surface area contributed by atoms with Gasteiger partial charge in [0.1, 0.15) is 0 Å². The third kappa shape index (κ3) is 6.29. The Morgan fingerprint density at radius 1 is 1.29 bits per heavy atom. The van der Waals surface area contributed by atoms with Crippen molar-refractivity contribution in [3.05, 3.63) is 29.8 Å². The van der Waals surface area contributed by atoms with Gasteiger partial charge in [-0.25, -0.2) is 4.79 Å². The van der Waals surface area contributed by atoms with Gasteiger partial charge in [0.2, 0.25) is 0 Å². The Balaban J connectivity index is 2.64. The van der Waals surface area contributed by atoms with Crippen molar-refractivity contribution in [2.75, 3.05) is 18.9 Å². The molecule has 2 N–H and O–H groups in total. The SMILES string of the molecule is CC(C)CCN(C)C(=O)Nc1ccccc1CCC(=O)O. The number of carbonyl (C=O) groups excluding carboxylic acids is 1. The average molecular weight is 292 g/mol. The van der Waals surface area contributed by atoms with Gasteiger partial charge in [0.05, 0.1) is 0 Å². The van der Waals surface area contributed by atoms with Gasteiger partial charge in [0.25, 0.3) is 0 Å². The van der Waals surface area contributed by atoms with E-state index in [0.29, 0.717) is 24.6 Å². The monoisotopic (exact) mass is 292 g/mol. The van der Waals surface area contributed by atoms with E-state index in [-0.39, 0.29) is 12.5 Å². The quantitative estimate of drug-likeness (QED) is 0.810. The van der Waals surface area contributed by atoms with E-state index in [4.69, 9.17) is 5.11 Å². The molecule has 0 radical (unpaired) electrons. The molecule has 2 amide bonds. The highest BCUT2D eigenvalue weighted by Crippen LogP contribution is 2.17. The lowest BCUT2D eigenvalue weighted by Crippen LogP contribution is -2.33. The molecule has 1 rings (SSSR count). The van der Waals surface area contributed by atoms with Crippen molar-refractivity contribution in [1.82, 2.24) is 4.90 Å². The number of aliphatic carboxylic acids is 1. The number of carbonyl (C=O) groups is 2. The van der Waals surface area contributed by atoms with Gasteiger partial charge in [-0.15, -0.1) is 0 Å². The number of anilines is 1. The second-order valence-corrected chi connectivity index (χ2v) is 5.59. The maximum atomic E-state index is 12.1. The van der Waals surface area contributed by atoms with E-state index in [9.17, 15) is 9.59 Å².